The number of esters is 1. The highest BCUT2D eigenvalue weighted by molar-refractivity contribution is 7.20. The molecule has 0 bridgehead atoms. The van der Waals surface area contributed by atoms with Crippen LogP contribution in [0.5, 0.6) is 0 Å². The lowest BCUT2D eigenvalue weighted by Gasteiger charge is -2.08. The fraction of sp³-hybridized carbons (Fsp3) is 0.316. The fourth-order valence-electron chi connectivity index (χ4n) is 3.12. The first kappa shape index (κ1) is 18.3. The molecule has 0 radical (unpaired) electrons. The molecule has 0 saturated heterocycles. The van der Waals surface area contributed by atoms with Gasteiger partial charge in [-0.25, -0.2) is 14.8 Å². The number of rotatable bonds is 6. The summed E-state index contributed by atoms with van der Waals surface area (Å²) in [5.74, 6) is 1.93. The molecule has 0 aliphatic heterocycles. The number of ether oxygens (including phenoxy) is 1. The molecule has 0 spiro atoms. The van der Waals surface area contributed by atoms with E-state index < -0.39 is 0 Å². The van der Waals surface area contributed by atoms with Gasteiger partial charge in [-0.1, -0.05) is 6.07 Å². The molecule has 144 valence electrons. The molecule has 0 aliphatic carbocycles. The van der Waals surface area contributed by atoms with E-state index in [1.165, 1.54) is 11.3 Å². The van der Waals surface area contributed by atoms with Crippen molar-refractivity contribution in [1.29, 1.82) is 0 Å². The summed E-state index contributed by atoms with van der Waals surface area (Å²) in [5, 5.41) is 12.7. The molecule has 0 unspecified atom stereocenters. The minimum atomic E-state index is -0.318. The summed E-state index contributed by atoms with van der Waals surface area (Å²) in [6.45, 7) is 6.52. The number of pyridine rings is 1. The van der Waals surface area contributed by atoms with E-state index in [9.17, 15) is 4.79 Å². The molecule has 0 aromatic carbocycles. The van der Waals surface area contributed by atoms with Gasteiger partial charge in [-0.05, 0) is 38.5 Å². The number of hydrogen-bond acceptors (Lipinski definition) is 8. The molecule has 8 nitrogen and oxygen atoms in total. The maximum Gasteiger partial charge on any atom is 0.348 e. The third-order valence-corrected chi connectivity index (χ3v) is 5.55. The van der Waals surface area contributed by atoms with Crippen molar-refractivity contribution in [2.45, 2.75) is 27.2 Å². The molecule has 0 fully saturated rings. The molecular weight excluding hydrogens is 376 g/mol. The quantitative estimate of drug-likeness (QED) is 0.500. The Bertz CT molecular complexity index is 1170. The topological polar surface area (TPSA) is 94.3 Å². The Morgan fingerprint density at radius 3 is 2.93 bits per heavy atom. The minimum Gasteiger partial charge on any atom is -0.462 e. The van der Waals surface area contributed by atoms with Crippen molar-refractivity contribution in [1.82, 2.24) is 24.6 Å². The van der Waals surface area contributed by atoms with Gasteiger partial charge in [0.05, 0.1) is 12.0 Å². The van der Waals surface area contributed by atoms with Gasteiger partial charge in [0.15, 0.2) is 5.65 Å². The Kier molecular flexibility index (Phi) is 4.91. The van der Waals surface area contributed by atoms with Crippen molar-refractivity contribution in [3.05, 3.63) is 46.5 Å². The second-order valence-corrected chi connectivity index (χ2v) is 7.30. The normalized spacial score (nSPS) is 11.2. The predicted octanol–water partition coefficient (Wildman–Crippen LogP) is 3.18. The van der Waals surface area contributed by atoms with Crippen molar-refractivity contribution in [3.63, 3.8) is 0 Å². The molecule has 0 aliphatic rings. The first-order valence-electron chi connectivity index (χ1n) is 9.06. The van der Waals surface area contributed by atoms with Crippen molar-refractivity contribution in [2.24, 2.45) is 0 Å². The molecule has 4 aromatic heterocycles. The van der Waals surface area contributed by atoms with Crippen LogP contribution in [-0.4, -0.2) is 43.7 Å². The number of aromatic nitrogens is 5. The Morgan fingerprint density at radius 2 is 2.11 bits per heavy atom. The van der Waals surface area contributed by atoms with Crippen molar-refractivity contribution >= 4 is 39.0 Å². The van der Waals surface area contributed by atoms with Crippen LogP contribution in [0.4, 0.5) is 5.82 Å². The van der Waals surface area contributed by atoms with Gasteiger partial charge in [-0.3, -0.25) is 4.40 Å². The molecule has 0 amide bonds. The highest BCUT2D eigenvalue weighted by Crippen LogP contribution is 2.34. The van der Waals surface area contributed by atoms with Crippen LogP contribution in [0.25, 0.3) is 15.9 Å². The van der Waals surface area contributed by atoms with Gasteiger partial charge in [0.25, 0.3) is 0 Å². The maximum atomic E-state index is 12.2. The largest absolute Gasteiger partial charge is 0.462 e. The summed E-state index contributed by atoms with van der Waals surface area (Å²) < 4.78 is 7.13. The SMILES string of the molecule is CCOC(=O)c1sc2nc(C)nc(NCCc3nnc4ccccn34)c2c1C. The Hall–Kier alpha value is -3.07. The van der Waals surface area contributed by atoms with E-state index in [-0.39, 0.29) is 5.97 Å². The lowest BCUT2D eigenvalue weighted by molar-refractivity contribution is 0.0531. The van der Waals surface area contributed by atoms with Crippen LogP contribution in [0.3, 0.4) is 0 Å². The molecule has 9 heteroatoms. The highest BCUT2D eigenvalue weighted by Gasteiger charge is 2.20. The second-order valence-electron chi connectivity index (χ2n) is 6.30. The molecule has 28 heavy (non-hydrogen) atoms. The van der Waals surface area contributed by atoms with E-state index in [4.69, 9.17) is 4.74 Å². The number of carbonyl (C=O) groups excluding carboxylic acids is 1. The second kappa shape index (κ2) is 7.51. The summed E-state index contributed by atoms with van der Waals surface area (Å²) >= 11 is 1.34. The molecular formula is C19H20N6O2S. The van der Waals surface area contributed by atoms with Crippen LogP contribution in [0, 0.1) is 13.8 Å². The smallest absolute Gasteiger partial charge is 0.348 e. The van der Waals surface area contributed by atoms with Crippen molar-refractivity contribution in [3.8, 4) is 0 Å². The maximum absolute atomic E-state index is 12.2. The third-order valence-electron chi connectivity index (χ3n) is 4.39. The van der Waals surface area contributed by atoms with Crippen molar-refractivity contribution in [2.75, 3.05) is 18.5 Å². The highest BCUT2D eigenvalue weighted by atomic mass is 32.1. The lowest BCUT2D eigenvalue weighted by atomic mass is 10.2. The van der Waals surface area contributed by atoms with Crippen LogP contribution in [-0.2, 0) is 11.2 Å². The molecule has 4 rings (SSSR count). The van der Waals surface area contributed by atoms with Gasteiger partial charge in [-0.2, -0.15) is 0 Å². The number of aryl methyl sites for hydroxylation is 2. The summed E-state index contributed by atoms with van der Waals surface area (Å²) in [5.41, 5.74) is 1.67. The summed E-state index contributed by atoms with van der Waals surface area (Å²) in [6.07, 6.45) is 2.63. The Labute approximate surface area is 165 Å². The lowest BCUT2D eigenvalue weighted by Crippen LogP contribution is -2.10. The number of hydrogen-bond donors (Lipinski definition) is 1. The van der Waals surface area contributed by atoms with E-state index in [0.717, 1.165) is 33.1 Å². The number of carbonyl (C=O) groups is 1. The minimum absolute atomic E-state index is 0.318. The van der Waals surface area contributed by atoms with E-state index >= 15 is 0 Å². The zero-order valence-corrected chi connectivity index (χ0v) is 16.7. The number of thiophene rings is 1. The van der Waals surface area contributed by atoms with Gasteiger partial charge in [0, 0.05) is 19.2 Å². The summed E-state index contributed by atoms with van der Waals surface area (Å²) in [6, 6.07) is 5.82. The molecule has 4 heterocycles. The summed E-state index contributed by atoms with van der Waals surface area (Å²) in [4.78, 5) is 22.6. The monoisotopic (exact) mass is 396 g/mol. The molecule has 1 N–H and O–H groups in total. The standard InChI is InChI=1S/C19H20N6O2S/c1-4-27-19(26)16-11(2)15-17(21-12(3)22-18(15)28-16)20-9-8-14-24-23-13-7-5-6-10-25(13)14/h5-7,10H,4,8-9H2,1-3H3,(H,20,21,22). The van der Waals surface area contributed by atoms with Crippen LogP contribution >= 0.6 is 11.3 Å². The zero-order valence-electron chi connectivity index (χ0n) is 15.9. The van der Waals surface area contributed by atoms with Crippen LogP contribution in [0.1, 0.15) is 33.8 Å². The van der Waals surface area contributed by atoms with E-state index in [0.29, 0.717) is 30.3 Å². The van der Waals surface area contributed by atoms with Crippen molar-refractivity contribution < 1.29 is 9.53 Å². The molecule has 4 aromatic rings. The average Bonchev–Trinajstić information content (AvgIpc) is 3.23. The van der Waals surface area contributed by atoms with Gasteiger partial charge in [0.2, 0.25) is 0 Å². The first-order chi connectivity index (χ1) is 13.6. The van der Waals surface area contributed by atoms with Gasteiger partial charge < -0.3 is 10.1 Å². The van der Waals surface area contributed by atoms with Gasteiger partial charge in [0.1, 0.15) is 27.2 Å². The van der Waals surface area contributed by atoms with E-state index in [1.54, 1.807) is 6.92 Å². The predicted molar refractivity (Wildman–Crippen MR) is 108 cm³/mol. The van der Waals surface area contributed by atoms with Crippen LogP contribution in [0.15, 0.2) is 24.4 Å². The number of fused-ring (bicyclic) bond motifs is 2. The Balaban J connectivity index is 1.60. The average molecular weight is 396 g/mol. The zero-order chi connectivity index (χ0) is 19.7. The van der Waals surface area contributed by atoms with E-state index in [1.807, 2.05) is 42.6 Å². The van der Waals surface area contributed by atoms with E-state index in [2.05, 4.69) is 25.5 Å². The first-order valence-corrected chi connectivity index (χ1v) is 9.87. The number of nitrogens with one attached hydrogen (secondary N) is 1. The molecule has 0 atom stereocenters. The fourth-order valence-corrected chi connectivity index (χ4v) is 4.24. The number of anilines is 1. The Morgan fingerprint density at radius 1 is 1.25 bits per heavy atom. The van der Waals surface area contributed by atoms with Gasteiger partial charge >= 0.3 is 5.97 Å². The summed E-state index contributed by atoms with van der Waals surface area (Å²) in [7, 11) is 0. The number of nitrogens with zero attached hydrogens (tertiary/aromatic N) is 5. The molecule has 0 saturated carbocycles. The van der Waals surface area contributed by atoms with Gasteiger partial charge in [-0.15, -0.1) is 21.5 Å². The van der Waals surface area contributed by atoms with Crippen LogP contribution < -0.4 is 5.32 Å². The van der Waals surface area contributed by atoms with Crippen LogP contribution in [0.2, 0.25) is 0 Å². The third kappa shape index (κ3) is 3.29.